The van der Waals surface area contributed by atoms with Crippen LogP contribution in [0.1, 0.15) is 18.1 Å². The van der Waals surface area contributed by atoms with Crippen LogP contribution >= 0.6 is 0 Å². The van der Waals surface area contributed by atoms with E-state index >= 15 is 0 Å². The van der Waals surface area contributed by atoms with E-state index in [0.717, 1.165) is 18.2 Å². The SMILES string of the molecule is CC1OC(=O)NN=C1c1cnc(-c2ccc(F)cc2)c(C(F)(F)F)c1. The van der Waals surface area contributed by atoms with Crippen molar-refractivity contribution < 1.29 is 27.1 Å². The minimum Gasteiger partial charge on any atom is -0.439 e. The van der Waals surface area contributed by atoms with Crippen molar-refractivity contribution >= 4 is 11.8 Å². The molecule has 0 radical (unpaired) electrons. The standard InChI is InChI=1S/C16H11F4N3O2/c1-8-13(22-23-15(24)25-8)10-6-12(16(18,19)20)14(21-7-10)9-2-4-11(17)5-3-9/h2-8H,1H3,(H,23,24). The summed E-state index contributed by atoms with van der Waals surface area (Å²) in [7, 11) is 0. The Balaban J connectivity index is 2.10. The number of hydrogen-bond donors (Lipinski definition) is 1. The number of ether oxygens (including phenoxy) is 1. The molecule has 1 N–H and O–H groups in total. The molecule has 1 amide bonds. The van der Waals surface area contributed by atoms with E-state index in [2.05, 4.69) is 10.1 Å². The zero-order valence-electron chi connectivity index (χ0n) is 12.8. The minimum atomic E-state index is -4.69. The molecule has 25 heavy (non-hydrogen) atoms. The Morgan fingerprint density at radius 3 is 2.44 bits per heavy atom. The van der Waals surface area contributed by atoms with Crippen LogP contribution in [0.5, 0.6) is 0 Å². The Morgan fingerprint density at radius 1 is 1.16 bits per heavy atom. The first-order chi connectivity index (χ1) is 11.8. The number of nitrogens with one attached hydrogen (secondary N) is 1. The number of alkyl halides is 3. The Kier molecular flexibility index (Phi) is 4.15. The topological polar surface area (TPSA) is 63.6 Å². The number of carbonyl (C=O) groups excluding carboxylic acids is 1. The van der Waals surface area contributed by atoms with Crippen molar-refractivity contribution in [3.8, 4) is 11.3 Å². The summed E-state index contributed by atoms with van der Waals surface area (Å²) in [6.45, 7) is 1.48. The Hall–Kier alpha value is -2.97. The highest BCUT2D eigenvalue weighted by Gasteiger charge is 2.36. The van der Waals surface area contributed by atoms with Crippen LogP contribution in [0.2, 0.25) is 0 Å². The van der Waals surface area contributed by atoms with E-state index in [1.807, 2.05) is 5.43 Å². The largest absolute Gasteiger partial charge is 0.439 e. The van der Waals surface area contributed by atoms with Gasteiger partial charge in [0.25, 0.3) is 0 Å². The van der Waals surface area contributed by atoms with Crippen LogP contribution in [0.15, 0.2) is 41.6 Å². The lowest BCUT2D eigenvalue weighted by molar-refractivity contribution is -0.137. The van der Waals surface area contributed by atoms with Crippen LogP contribution in [-0.2, 0) is 10.9 Å². The van der Waals surface area contributed by atoms with Gasteiger partial charge in [0.2, 0.25) is 0 Å². The van der Waals surface area contributed by atoms with Crippen molar-refractivity contribution in [3.05, 3.63) is 53.5 Å². The number of aromatic nitrogens is 1. The second-order valence-corrected chi connectivity index (χ2v) is 5.28. The summed E-state index contributed by atoms with van der Waals surface area (Å²) < 4.78 is 58.3. The third kappa shape index (κ3) is 3.44. The van der Waals surface area contributed by atoms with E-state index in [-0.39, 0.29) is 22.5 Å². The third-order valence-corrected chi connectivity index (χ3v) is 3.54. The maximum absolute atomic E-state index is 13.5. The molecule has 1 aliphatic heterocycles. The predicted octanol–water partition coefficient (Wildman–Crippen LogP) is 3.74. The first kappa shape index (κ1) is 16.9. The van der Waals surface area contributed by atoms with E-state index in [9.17, 15) is 22.4 Å². The zero-order chi connectivity index (χ0) is 18.2. The molecule has 1 aliphatic rings. The number of nitrogens with zero attached hydrogens (tertiary/aromatic N) is 2. The van der Waals surface area contributed by atoms with Gasteiger partial charge in [0, 0.05) is 17.3 Å². The summed E-state index contributed by atoms with van der Waals surface area (Å²) in [6, 6.07) is 5.43. The van der Waals surface area contributed by atoms with Gasteiger partial charge in [-0.2, -0.15) is 18.3 Å². The highest BCUT2D eigenvalue weighted by atomic mass is 19.4. The van der Waals surface area contributed by atoms with E-state index in [0.29, 0.717) is 0 Å². The molecule has 130 valence electrons. The third-order valence-electron chi connectivity index (χ3n) is 3.54. The van der Waals surface area contributed by atoms with Gasteiger partial charge in [-0.05, 0) is 37.3 Å². The molecule has 2 heterocycles. The smallest absolute Gasteiger partial charge is 0.428 e. The van der Waals surface area contributed by atoms with Crippen LogP contribution in [0.4, 0.5) is 22.4 Å². The number of hydrazone groups is 1. The van der Waals surface area contributed by atoms with Crippen LogP contribution in [0.3, 0.4) is 0 Å². The number of benzene rings is 1. The molecule has 1 aromatic carbocycles. The fourth-order valence-corrected chi connectivity index (χ4v) is 2.40. The molecule has 5 nitrogen and oxygen atoms in total. The van der Waals surface area contributed by atoms with E-state index in [1.54, 1.807) is 0 Å². The first-order valence-corrected chi connectivity index (χ1v) is 7.13. The average Bonchev–Trinajstić information content (AvgIpc) is 2.54. The zero-order valence-corrected chi connectivity index (χ0v) is 12.8. The van der Waals surface area contributed by atoms with Crippen molar-refractivity contribution in [1.29, 1.82) is 0 Å². The second-order valence-electron chi connectivity index (χ2n) is 5.28. The molecule has 1 aromatic heterocycles. The van der Waals surface area contributed by atoms with Gasteiger partial charge in [-0.1, -0.05) is 0 Å². The van der Waals surface area contributed by atoms with Gasteiger partial charge >= 0.3 is 12.3 Å². The van der Waals surface area contributed by atoms with Crippen LogP contribution in [0, 0.1) is 5.82 Å². The van der Waals surface area contributed by atoms with E-state index < -0.39 is 29.8 Å². The summed E-state index contributed by atoms with van der Waals surface area (Å²) >= 11 is 0. The maximum Gasteiger partial charge on any atom is 0.428 e. The Morgan fingerprint density at radius 2 is 1.84 bits per heavy atom. The lowest BCUT2D eigenvalue weighted by atomic mass is 10.0. The fraction of sp³-hybridized carbons (Fsp3) is 0.188. The monoisotopic (exact) mass is 353 g/mol. The van der Waals surface area contributed by atoms with Crippen LogP contribution in [-0.4, -0.2) is 22.9 Å². The van der Waals surface area contributed by atoms with E-state index in [4.69, 9.17) is 4.74 Å². The minimum absolute atomic E-state index is 0.0608. The number of rotatable bonds is 2. The summed E-state index contributed by atoms with van der Waals surface area (Å²) in [5, 5.41) is 3.73. The molecule has 1 atom stereocenters. The molecule has 0 spiro atoms. The Bertz CT molecular complexity index is 847. The molecule has 0 aliphatic carbocycles. The number of cyclic esters (lactones) is 1. The van der Waals surface area contributed by atoms with Gasteiger partial charge in [-0.3, -0.25) is 4.98 Å². The average molecular weight is 353 g/mol. The van der Waals surface area contributed by atoms with Gasteiger partial charge in [-0.25, -0.2) is 14.6 Å². The van der Waals surface area contributed by atoms with Crippen molar-refractivity contribution in [2.45, 2.75) is 19.2 Å². The maximum atomic E-state index is 13.5. The second kappa shape index (κ2) is 6.15. The number of pyridine rings is 1. The highest BCUT2D eigenvalue weighted by Crippen LogP contribution is 2.36. The van der Waals surface area contributed by atoms with Gasteiger partial charge in [0.05, 0.1) is 11.3 Å². The van der Waals surface area contributed by atoms with Gasteiger partial charge in [-0.15, -0.1) is 0 Å². The molecule has 0 bridgehead atoms. The lowest BCUT2D eigenvalue weighted by Crippen LogP contribution is -2.37. The van der Waals surface area contributed by atoms with Crippen molar-refractivity contribution in [2.24, 2.45) is 5.10 Å². The molecule has 0 fully saturated rings. The number of amides is 1. The summed E-state index contributed by atoms with van der Waals surface area (Å²) in [4.78, 5) is 15.0. The molecular weight excluding hydrogens is 342 g/mol. The van der Waals surface area contributed by atoms with Gasteiger partial charge in [0.15, 0.2) is 0 Å². The molecule has 1 unspecified atom stereocenters. The van der Waals surface area contributed by atoms with Crippen molar-refractivity contribution in [1.82, 2.24) is 10.4 Å². The number of carbonyl (C=O) groups is 1. The molecule has 2 aromatic rings. The molecule has 3 rings (SSSR count). The number of hydrogen-bond acceptors (Lipinski definition) is 4. The number of halogens is 4. The molecular formula is C16H11F4N3O2. The van der Waals surface area contributed by atoms with Crippen molar-refractivity contribution in [2.75, 3.05) is 0 Å². The Labute approximate surface area is 139 Å². The quantitative estimate of drug-likeness (QED) is 0.837. The van der Waals surface area contributed by atoms with Crippen LogP contribution < -0.4 is 5.43 Å². The molecule has 9 heteroatoms. The normalized spacial score (nSPS) is 17.6. The molecule has 0 saturated heterocycles. The first-order valence-electron chi connectivity index (χ1n) is 7.13. The molecule has 0 saturated carbocycles. The predicted molar refractivity (Wildman–Crippen MR) is 80.2 cm³/mol. The fourth-order valence-electron chi connectivity index (χ4n) is 2.40. The van der Waals surface area contributed by atoms with E-state index in [1.165, 1.54) is 25.3 Å². The summed E-state index contributed by atoms with van der Waals surface area (Å²) in [6.07, 6.45) is -5.10. The highest BCUT2D eigenvalue weighted by molar-refractivity contribution is 6.05. The van der Waals surface area contributed by atoms with Crippen molar-refractivity contribution in [3.63, 3.8) is 0 Å². The lowest BCUT2D eigenvalue weighted by Gasteiger charge is -2.21. The summed E-state index contributed by atoms with van der Waals surface area (Å²) in [5.74, 6) is -0.563. The van der Waals surface area contributed by atoms with Gasteiger partial charge < -0.3 is 4.74 Å². The van der Waals surface area contributed by atoms with Crippen LogP contribution in [0.25, 0.3) is 11.3 Å². The summed E-state index contributed by atoms with van der Waals surface area (Å²) in [5.41, 5.74) is 1.03. The van der Waals surface area contributed by atoms with Gasteiger partial charge in [0.1, 0.15) is 17.6 Å².